The van der Waals surface area contributed by atoms with Crippen LogP contribution in [0.3, 0.4) is 0 Å². The molecule has 0 spiro atoms. The molecule has 0 aliphatic carbocycles. The summed E-state index contributed by atoms with van der Waals surface area (Å²) in [5.41, 5.74) is 2.72. The third-order valence-corrected chi connectivity index (χ3v) is 3.01. The van der Waals surface area contributed by atoms with E-state index < -0.39 is 18.4 Å². The average molecular weight is 248 g/mol. The molecule has 18 heavy (non-hydrogen) atoms. The molecule has 3 rings (SSSR count). The molecule has 2 atom stereocenters. The highest BCUT2D eigenvalue weighted by atomic mass is 16.6. The predicted molar refractivity (Wildman–Crippen MR) is 62.3 cm³/mol. The number of fused-ring (bicyclic) bond motifs is 1. The van der Waals surface area contributed by atoms with Gasteiger partial charge in [0.05, 0.1) is 11.1 Å². The number of carbonyl (C=O) groups is 1. The number of furan rings is 2. The van der Waals surface area contributed by atoms with Crippen LogP contribution in [0.2, 0.25) is 0 Å². The smallest absolute Gasteiger partial charge is 0.333 e. The van der Waals surface area contributed by atoms with Gasteiger partial charge in [-0.05, 0) is 19.9 Å². The summed E-state index contributed by atoms with van der Waals surface area (Å²) in [6.45, 7) is 6.83. The van der Waals surface area contributed by atoms with Gasteiger partial charge in [0.1, 0.15) is 11.7 Å². The maximum atomic E-state index is 11.5. The summed E-state index contributed by atoms with van der Waals surface area (Å²) in [5, 5.41) is 9.61. The van der Waals surface area contributed by atoms with E-state index >= 15 is 0 Å². The van der Waals surface area contributed by atoms with Gasteiger partial charge in [0.25, 0.3) is 0 Å². The Hall–Kier alpha value is -2.01. The van der Waals surface area contributed by atoms with Gasteiger partial charge in [0.2, 0.25) is 6.29 Å². The Morgan fingerprint density at radius 3 is 3.00 bits per heavy atom. The third kappa shape index (κ3) is 1.34. The zero-order valence-corrected chi connectivity index (χ0v) is 10.0. The molecule has 1 aliphatic rings. The van der Waals surface area contributed by atoms with E-state index in [0.29, 0.717) is 33.6 Å². The quantitative estimate of drug-likeness (QED) is 0.667. The van der Waals surface area contributed by atoms with E-state index in [1.54, 1.807) is 19.9 Å². The van der Waals surface area contributed by atoms with Crippen LogP contribution in [0.25, 0.3) is 11.2 Å². The molecule has 0 aromatic carbocycles. The van der Waals surface area contributed by atoms with E-state index in [9.17, 15) is 9.90 Å². The number of aliphatic hydroxyl groups excluding tert-OH is 1. The van der Waals surface area contributed by atoms with E-state index in [-0.39, 0.29) is 0 Å². The van der Waals surface area contributed by atoms with E-state index in [0.717, 1.165) is 0 Å². The molecular formula is C13H12O5. The van der Waals surface area contributed by atoms with Crippen molar-refractivity contribution in [1.29, 1.82) is 0 Å². The molecule has 2 bridgehead atoms. The van der Waals surface area contributed by atoms with Gasteiger partial charge in [0, 0.05) is 5.57 Å². The molecule has 2 unspecified atom stereocenters. The maximum Gasteiger partial charge on any atom is 0.333 e. The fourth-order valence-corrected chi connectivity index (χ4v) is 2.13. The number of ether oxygens (including phenoxy) is 2. The molecule has 0 saturated carbocycles. The predicted octanol–water partition coefficient (Wildman–Crippen LogP) is 2.43. The first kappa shape index (κ1) is 11.1. The molecule has 94 valence electrons. The molecule has 2 aromatic rings. The molecule has 0 radical (unpaired) electrons. The monoisotopic (exact) mass is 248 g/mol. The van der Waals surface area contributed by atoms with E-state index in [2.05, 4.69) is 6.58 Å². The van der Waals surface area contributed by atoms with Gasteiger partial charge in [-0.2, -0.15) is 0 Å². The topological polar surface area (TPSA) is 68.9 Å². The van der Waals surface area contributed by atoms with Gasteiger partial charge >= 0.3 is 5.97 Å². The SMILES string of the molecule is C=C(C)C(=O)OC(C)c1c2c3oc1cc3C(O)O2. The van der Waals surface area contributed by atoms with Gasteiger partial charge in [-0.3, -0.25) is 0 Å². The molecule has 1 N–H and O–H groups in total. The van der Waals surface area contributed by atoms with Crippen LogP contribution in [0, 0.1) is 0 Å². The van der Waals surface area contributed by atoms with Crippen molar-refractivity contribution in [3.8, 4) is 5.75 Å². The number of esters is 1. The lowest BCUT2D eigenvalue weighted by atomic mass is 10.1. The maximum absolute atomic E-state index is 11.5. The van der Waals surface area contributed by atoms with E-state index in [1.165, 1.54) is 0 Å². The lowest BCUT2D eigenvalue weighted by Gasteiger charge is -2.13. The van der Waals surface area contributed by atoms with Crippen molar-refractivity contribution in [2.45, 2.75) is 26.2 Å². The van der Waals surface area contributed by atoms with Crippen molar-refractivity contribution in [3.63, 3.8) is 0 Å². The molecular weight excluding hydrogens is 236 g/mol. The standard InChI is InChI=1S/C13H12O5/c1-5(2)12(14)16-6(3)9-8-4-7-10(17-8)11(9)18-13(7)15/h4,6,13,15H,1H2,2-3H3. The Kier molecular flexibility index (Phi) is 2.15. The summed E-state index contributed by atoms with van der Waals surface area (Å²) >= 11 is 0. The van der Waals surface area contributed by atoms with E-state index in [4.69, 9.17) is 13.9 Å². The van der Waals surface area contributed by atoms with E-state index in [1.807, 2.05) is 0 Å². The first-order valence-corrected chi connectivity index (χ1v) is 5.59. The summed E-state index contributed by atoms with van der Waals surface area (Å²) in [5.74, 6) is 0.00346. The number of aliphatic hydroxyl groups is 1. The Morgan fingerprint density at radius 2 is 2.33 bits per heavy atom. The summed E-state index contributed by atoms with van der Waals surface area (Å²) < 4.78 is 16.0. The molecule has 2 aromatic heterocycles. The van der Waals surface area contributed by atoms with Crippen LogP contribution in [0.4, 0.5) is 0 Å². The Morgan fingerprint density at radius 1 is 1.61 bits per heavy atom. The Labute approximate surface area is 103 Å². The van der Waals surface area contributed by atoms with Crippen LogP contribution in [0.1, 0.15) is 37.4 Å². The first-order valence-electron chi connectivity index (χ1n) is 5.59. The van der Waals surface area contributed by atoms with Crippen LogP contribution in [0.5, 0.6) is 5.75 Å². The summed E-state index contributed by atoms with van der Waals surface area (Å²) in [6, 6.07) is 1.71. The van der Waals surface area contributed by atoms with Crippen molar-refractivity contribution >= 4 is 17.1 Å². The number of benzene rings is 1. The fraction of sp³-hybridized carbons (Fsp3) is 0.308. The second kappa shape index (κ2) is 3.49. The number of carbonyl (C=O) groups excluding carboxylic acids is 1. The lowest BCUT2D eigenvalue weighted by molar-refractivity contribution is -0.143. The van der Waals surface area contributed by atoms with Gasteiger partial charge < -0.3 is 19.0 Å². The largest absolute Gasteiger partial charge is 0.456 e. The number of rotatable bonds is 3. The second-order valence-corrected chi connectivity index (χ2v) is 4.44. The van der Waals surface area contributed by atoms with Crippen molar-refractivity contribution in [3.05, 3.63) is 29.3 Å². The van der Waals surface area contributed by atoms with Crippen LogP contribution in [0.15, 0.2) is 22.6 Å². The minimum absolute atomic E-state index is 0.331. The van der Waals surface area contributed by atoms with Crippen molar-refractivity contribution in [2.75, 3.05) is 0 Å². The number of hydrogen-bond donors (Lipinski definition) is 1. The number of hydrogen-bond acceptors (Lipinski definition) is 5. The normalized spacial score (nSPS) is 18.9. The fourth-order valence-electron chi connectivity index (χ4n) is 2.13. The zero-order chi connectivity index (χ0) is 13.0. The van der Waals surface area contributed by atoms with Gasteiger partial charge in [-0.15, -0.1) is 0 Å². The third-order valence-electron chi connectivity index (χ3n) is 3.01. The van der Waals surface area contributed by atoms with Crippen LogP contribution < -0.4 is 4.74 Å². The highest BCUT2D eigenvalue weighted by Crippen LogP contribution is 2.50. The Bertz CT molecular complexity index is 639. The van der Waals surface area contributed by atoms with Gasteiger partial charge in [-0.25, -0.2) is 4.79 Å². The van der Waals surface area contributed by atoms with Crippen molar-refractivity contribution in [2.24, 2.45) is 0 Å². The summed E-state index contributed by atoms with van der Waals surface area (Å²) in [4.78, 5) is 11.5. The summed E-state index contributed by atoms with van der Waals surface area (Å²) in [6.07, 6.45) is -1.51. The van der Waals surface area contributed by atoms with Crippen LogP contribution in [-0.2, 0) is 9.53 Å². The molecule has 3 heterocycles. The average Bonchev–Trinajstić information content (AvgIpc) is 2.89. The minimum Gasteiger partial charge on any atom is -0.456 e. The van der Waals surface area contributed by atoms with Gasteiger partial charge in [-0.1, -0.05) is 6.58 Å². The highest BCUT2D eigenvalue weighted by Gasteiger charge is 2.37. The molecule has 5 nitrogen and oxygen atoms in total. The van der Waals surface area contributed by atoms with Crippen LogP contribution in [-0.4, -0.2) is 11.1 Å². The first-order chi connectivity index (χ1) is 8.49. The zero-order valence-electron chi connectivity index (χ0n) is 10.0. The van der Waals surface area contributed by atoms with Crippen molar-refractivity contribution in [1.82, 2.24) is 0 Å². The molecule has 5 heteroatoms. The molecule has 0 saturated heterocycles. The minimum atomic E-state index is -0.992. The lowest BCUT2D eigenvalue weighted by Crippen LogP contribution is -2.09. The van der Waals surface area contributed by atoms with Crippen molar-refractivity contribution < 1.29 is 23.8 Å². The highest BCUT2D eigenvalue weighted by molar-refractivity contribution is 5.88. The summed E-state index contributed by atoms with van der Waals surface area (Å²) in [7, 11) is 0. The van der Waals surface area contributed by atoms with Gasteiger partial charge in [0.15, 0.2) is 11.3 Å². The second-order valence-electron chi connectivity index (χ2n) is 4.44. The Balaban J connectivity index is 1.93. The molecule has 1 aliphatic heterocycles. The van der Waals surface area contributed by atoms with Crippen LogP contribution >= 0.6 is 0 Å². The molecule has 0 fully saturated rings. The molecule has 0 amide bonds.